The lowest BCUT2D eigenvalue weighted by Gasteiger charge is -2.21. The highest BCUT2D eigenvalue weighted by Crippen LogP contribution is 2.46. The van der Waals surface area contributed by atoms with Crippen molar-refractivity contribution in [2.24, 2.45) is 0 Å². The van der Waals surface area contributed by atoms with Crippen molar-refractivity contribution in [2.45, 2.75) is 13.0 Å². The molecule has 0 saturated heterocycles. The molecule has 10 heteroatoms. The Morgan fingerprint density at radius 1 is 1.23 bits per heavy atom. The zero-order valence-electron chi connectivity index (χ0n) is 17.2. The molecule has 1 N–H and O–H groups in total. The highest BCUT2D eigenvalue weighted by Gasteiger charge is 2.30. The average molecular weight is 443 g/mol. The third-order valence-corrected chi connectivity index (χ3v) is 5.55. The van der Waals surface area contributed by atoms with Gasteiger partial charge in [-0.2, -0.15) is 0 Å². The van der Waals surface area contributed by atoms with Crippen molar-refractivity contribution in [1.29, 1.82) is 0 Å². The third-order valence-electron chi connectivity index (χ3n) is 4.61. The second kappa shape index (κ2) is 9.90. The van der Waals surface area contributed by atoms with Crippen molar-refractivity contribution in [1.82, 2.24) is 4.98 Å². The van der Waals surface area contributed by atoms with Crippen LogP contribution in [0.2, 0.25) is 0 Å². The van der Waals surface area contributed by atoms with E-state index in [0.717, 1.165) is 10.4 Å². The van der Waals surface area contributed by atoms with Gasteiger partial charge in [-0.15, -0.1) is 11.3 Å². The van der Waals surface area contributed by atoms with Gasteiger partial charge in [-0.1, -0.05) is 30.3 Å². The molecule has 162 valence electrons. The zero-order chi connectivity index (χ0) is 22.4. The molecule has 1 heterocycles. The fraction of sp³-hybridized carbons (Fsp3) is 0.238. The van der Waals surface area contributed by atoms with E-state index in [9.17, 15) is 14.9 Å². The van der Waals surface area contributed by atoms with Gasteiger partial charge < -0.3 is 19.5 Å². The second-order valence-electron chi connectivity index (χ2n) is 6.47. The molecular formula is C21H21N3O6S. The van der Waals surface area contributed by atoms with Crippen LogP contribution in [0.5, 0.6) is 11.5 Å². The second-order valence-corrected chi connectivity index (χ2v) is 7.36. The van der Waals surface area contributed by atoms with Crippen LogP contribution in [0, 0.1) is 17.0 Å². The molecule has 0 aliphatic rings. The Hall–Kier alpha value is -3.66. The van der Waals surface area contributed by atoms with Gasteiger partial charge in [-0.05, 0) is 18.6 Å². The standard InChI is InChI=1S/C21H21N3O6S/c1-13-9-15(18(24(26)27)20(29-3)19(13)28-2)23-16(10-30-12-25)21-17(22-11-31-21)14-7-5-4-6-8-14/h4-9,11-12,16,23H,10H2,1-3H3. The zero-order valence-corrected chi connectivity index (χ0v) is 18.0. The van der Waals surface area contributed by atoms with Crippen LogP contribution in [0.25, 0.3) is 11.3 Å². The van der Waals surface area contributed by atoms with Crippen LogP contribution in [-0.4, -0.2) is 37.2 Å². The summed E-state index contributed by atoms with van der Waals surface area (Å²) in [7, 11) is 2.77. The van der Waals surface area contributed by atoms with E-state index < -0.39 is 11.0 Å². The van der Waals surface area contributed by atoms with Gasteiger partial charge in [0.05, 0.1) is 41.3 Å². The van der Waals surface area contributed by atoms with Gasteiger partial charge >= 0.3 is 5.69 Å². The van der Waals surface area contributed by atoms with Crippen LogP contribution in [-0.2, 0) is 9.53 Å². The van der Waals surface area contributed by atoms with Crippen molar-refractivity contribution in [3.63, 3.8) is 0 Å². The summed E-state index contributed by atoms with van der Waals surface area (Å²) in [6.45, 7) is 2.05. The lowest BCUT2D eigenvalue weighted by atomic mass is 10.1. The number of ether oxygens (including phenoxy) is 3. The predicted octanol–water partition coefficient (Wildman–Crippen LogP) is 4.37. The number of hydrogen-bond acceptors (Lipinski definition) is 9. The largest absolute Gasteiger partial charge is 0.492 e. The molecule has 0 bridgehead atoms. The average Bonchev–Trinajstić information content (AvgIpc) is 3.26. The maximum atomic E-state index is 11.9. The van der Waals surface area contributed by atoms with Gasteiger partial charge in [-0.3, -0.25) is 14.9 Å². The SMILES string of the molecule is COc1c(C)cc(NC(COC=O)c2scnc2-c2ccccc2)c([N+](=O)[O-])c1OC. The summed E-state index contributed by atoms with van der Waals surface area (Å²) < 4.78 is 15.6. The molecule has 9 nitrogen and oxygen atoms in total. The topological polar surface area (TPSA) is 113 Å². The number of benzene rings is 2. The third kappa shape index (κ3) is 4.58. The van der Waals surface area contributed by atoms with Crippen molar-refractivity contribution < 1.29 is 23.9 Å². The fourth-order valence-electron chi connectivity index (χ4n) is 3.32. The van der Waals surface area contributed by atoms with E-state index >= 15 is 0 Å². The molecule has 0 aliphatic heterocycles. The fourth-order valence-corrected chi connectivity index (χ4v) is 4.16. The van der Waals surface area contributed by atoms with E-state index in [-0.39, 0.29) is 29.5 Å². The molecule has 3 aromatic rings. The summed E-state index contributed by atoms with van der Waals surface area (Å²) in [5.74, 6) is 0.292. The van der Waals surface area contributed by atoms with Crippen molar-refractivity contribution >= 4 is 29.2 Å². The number of rotatable bonds is 10. The van der Waals surface area contributed by atoms with E-state index in [1.54, 1.807) is 18.5 Å². The molecule has 1 atom stereocenters. The Kier molecular flexibility index (Phi) is 7.03. The summed E-state index contributed by atoms with van der Waals surface area (Å²) in [6.07, 6.45) is 0. The lowest BCUT2D eigenvalue weighted by molar-refractivity contribution is -0.384. The minimum absolute atomic E-state index is 0.0117. The number of nitrogens with zero attached hydrogens (tertiary/aromatic N) is 2. The molecule has 0 fully saturated rings. The van der Waals surface area contributed by atoms with Crippen molar-refractivity contribution in [3.8, 4) is 22.8 Å². The molecule has 0 aliphatic carbocycles. The number of aromatic nitrogens is 1. The molecule has 0 spiro atoms. The number of thiazole rings is 1. The number of carbonyl (C=O) groups is 1. The highest BCUT2D eigenvalue weighted by atomic mass is 32.1. The van der Waals surface area contributed by atoms with Crippen LogP contribution >= 0.6 is 11.3 Å². The summed E-state index contributed by atoms with van der Waals surface area (Å²) in [4.78, 5) is 27.5. The molecule has 0 saturated carbocycles. The maximum Gasteiger partial charge on any atom is 0.337 e. The van der Waals surface area contributed by atoms with Crippen molar-refractivity contribution in [3.05, 3.63) is 62.5 Å². The Morgan fingerprint density at radius 3 is 2.55 bits per heavy atom. The molecule has 0 amide bonds. The molecule has 1 unspecified atom stereocenters. The van der Waals surface area contributed by atoms with Gasteiger partial charge in [0.25, 0.3) is 6.47 Å². The van der Waals surface area contributed by atoms with Crippen molar-refractivity contribution in [2.75, 3.05) is 26.1 Å². The smallest absolute Gasteiger partial charge is 0.337 e. The molecule has 31 heavy (non-hydrogen) atoms. The molecule has 0 radical (unpaired) electrons. The van der Waals surface area contributed by atoms with E-state index in [0.29, 0.717) is 17.7 Å². The molecule has 3 rings (SSSR count). The molecule has 1 aromatic heterocycles. The monoisotopic (exact) mass is 443 g/mol. The number of anilines is 1. The van der Waals surface area contributed by atoms with E-state index in [2.05, 4.69) is 10.3 Å². The van der Waals surface area contributed by atoms with Crippen LogP contribution < -0.4 is 14.8 Å². The number of carbonyl (C=O) groups excluding carboxylic acids is 1. The molecule has 2 aromatic carbocycles. The van der Waals surface area contributed by atoms with Gasteiger partial charge in [0.15, 0.2) is 5.75 Å². The quantitative estimate of drug-likeness (QED) is 0.279. The number of nitro benzene ring substituents is 1. The first-order valence-electron chi connectivity index (χ1n) is 9.22. The van der Waals surface area contributed by atoms with Gasteiger partial charge in [0, 0.05) is 5.56 Å². The Morgan fingerprint density at radius 2 is 1.94 bits per heavy atom. The number of hydrogen-bond donors (Lipinski definition) is 1. The number of nitrogens with one attached hydrogen (secondary N) is 1. The first kappa shape index (κ1) is 22.0. The Balaban J connectivity index is 2.10. The van der Waals surface area contributed by atoms with Crippen LogP contribution in [0.1, 0.15) is 16.5 Å². The minimum atomic E-state index is -0.580. The summed E-state index contributed by atoms with van der Waals surface area (Å²) in [5, 5.41) is 15.0. The maximum absolute atomic E-state index is 11.9. The minimum Gasteiger partial charge on any atom is -0.492 e. The van der Waals surface area contributed by atoms with Gasteiger partial charge in [0.1, 0.15) is 12.3 Å². The van der Waals surface area contributed by atoms with E-state index in [1.165, 1.54) is 25.6 Å². The number of nitro groups is 1. The summed E-state index contributed by atoms with van der Waals surface area (Å²) in [6, 6.07) is 10.5. The summed E-state index contributed by atoms with van der Waals surface area (Å²) >= 11 is 1.36. The lowest BCUT2D eigenvalue weighted by Crippen LogP contribution is -2.18. The number of aryl methyl sites for hydroxylation is 1. The highest BCUT2D eigenvalue weighted by molar-refractivity contribution is 7.10. The van der Waals surface area contributed by atoms with Crippen LogP contribution in [0.4, 0.5) is 11.4 Å². The van der Waals surface area contributed by atoms with Gasteiger partial charge in [0.2, 0.25) is 5.75 Å². The molecular weight excluding hydrogens is 422 g/mol. The first-order valence-corrected chi connectivity index (χ1v) is 10.1. The Labute approximate surface area is 182 Å². The Bertz CT molecular complexity index is 1070. The first-order chi connectivity index (χ1) is 15.0. The number of methoxy groups -OCH3 is 2. The normalized spacial score (nSPS) is 11.5. The van der Waals surface area contributed by atoms with E-state index in [4.69, 9.17) is 14.2 Å². The van der Waals surface area contributed by atoms with E-state index in [1.807, 2.05) is 30.3 Å². The van der Waals surface area contributed by atoms with Crippen LogP contribution in [0.3, 0.4) is 0 Å². The van der Waals surface area contributed by atoms with Gasteiger partial charge in [-0.25, -0.2) is 4.98 Å². The van der Waals surface area contributed by atoms with Crippen LogP contribution in [0.15, 0.2) is 41.9 Å². The summed E-state index contributed by atoms with van der Waals surface area (Å²) in [5.41, 5.74) is 3.86. The predicted molar refractivity (Wildman–Crippen MR) is 117 cm³/mol.